The highest BCUT2D eigenvalue weighted by Gasteiger charge is 2.59. The lowest BCUT2D eigenvalue weighted by Crippen LogP contribution is -2.57. The number of aliphatic hydroxyl groups is 3. The zero-order valence-electron chi connectivity index (χ0n) is 16.3. The van der Waals surface area contributed by atoms with E-state index in [0.717, 1.165) is 10.8 Å². The average Bonchev–Trinajstić information content (AvgIpc) is 2.70. The van der Waals surface area contributed by atoms with Crippen LogP contribution in [0.25, 0.3) is 10.8 Å². The Morgan fingerprint density at radius 3 is 2.52 bits per heavy atom. The third-order valence-corrected chi connectivity index (χ3v) is 6.79. The molecular weight excluding hydrogens is 402 g/mol. The average molecular weight is 421 g/mol. The molecule has 3 aliphatic carbocycles. The largest absolute Gasteiger partial charge is 0.511 e. The Bertz CT molecular complexity index is 1290. The lowest BCUT2D eigenvalue weighted by atomic mass is 9.60. The lowest BCUT2D eigenvalue weighted by molar-refractivity contribution is -0.144. The molecule has 0 heterocycles. The highest BCUT2D eigenvalue weighted by molar-refractivity contribution is 6.24. The Morgan fingerprint density at radius 1 is 1.10 bits per heavy atom. The fourth-order valence-corrected chi connectivity index (χ4v) is 5.39. The van der Waals surface area contributed by atoms with Gasteiger partial charge in [-0.1, -0.05) is 24.3 Å². The second-order valence-corrected chi connectivity index (χ2v) is 8.38. The predicted molar refractivity (Wildman–Crippen MR) is 108 cm³/mol. The van der Waals surface area contributed by atoms with Gasteiger partial charge in [-0.3, -0.25) is 14.4 Å². The summed E-state index contributed by atoms with van der Waals surface area (Å²) in [7, 11) is 0. The van der Waals surface area contributed by atoms with Crippen LogP contribution in [0.2, 0.25) is 0 Å². The summed E-state index contributed by atoms with van der Waals surface area (Å²) < 4.78 is 0. The van der Waals surface area contributed by atoms with E-state index in [-0.39, 0.29) is 29.7 Å². The SMILES string of the molecule is NC(=O)C1=C(O)CC2C[C@@H]3Cc4c(c(O)cc5ccccc45)C(=O)C3=C(O)[C@]2(O)C1=O. The Morgan fingerprint density at radius 2 is 1.81 bits per heavy atom. The van der Waals surface area contributed by atoms with Gasteiger partial charge in [0.1, 0.15) is 22.8 Å². The number of carbonyl (C=O) groups is 3. The van der Waals surface area contributed by atoms with Crippen LogP contribution >= 0.6 is 0 Å². The van der Waals surface area contributed by atoms with Gasteiger partial charge in [-0.2, -0.15) is 0 Å². The maximum absolute atomic E-state index is 13.4. The first kappa shape index (κ1) is 19.3. The minimum absolute atomic E-state index is 0.0234. The summed E-state index contributed by atoms with van der Waals surface area (Å²) in [6.45, 7) is 0. The van der Waals surface area contributed by atoms with Crippen molar-refractivity contribution in [1.82, 2.24) is 0 Å². The van der Waals surface area contributed by atoms with Crippen molar-refractivity contribution >= 4 is 28.2 Å². The Labute approximate surface area is 175 Å². The maximum Gasteiger partial charge on any atom is 0.255 e. The molecule has 0 spiro atoms. The molecule has 0 fully saturated rings. The Hall–Kier alpha value is -3.65. The minimum Gasteiger partial charge on any atom is -0.511 e. The molecule has 31 heavy (non-hydrogen) atoms. The van der Waals surface area contributed by atoms with Crippen molar-refractivity contribution in [2.75, 3.05) is 0 Å². The van der Waals surface area contributed by atoms with E-state index in [4.69, 9.17) is 5.73 Å². The lowest BCUT2D eigenvalue weighted by Gasteiger charge is -2.45. The summed E-state index contributed by atoms with van der Waals surface area (Å²) >= 11 is 0. The smallest absolute Gasteiger partial charge is 0.255 e. The van der Waals surface area contributed by atoms with Crippen molar-refractivity contribution in [1.29, 1.82) is 0 Å². The van der Waals surface area contributed by atoms with E-state index in [9.17, 15) is 34.8 Å². The fourth-order valence-electron chi connectivity index (χ4n) is 5.39. The monoisotopic (exact) mass is 421 g/mol. The zero-order chi connectivity index (χ0) is 22.2. The summed E-state index contributed by atoms with van der Waals surface area (Å²) in [5.74, 6) is -6.22. The third kappa shape index (κ3) is 2.36. The number of primary amides is 1. The van der Waals surface area contributed by atoms with E-state index in [0.29, 0.717) is 12.0 Å². The second kappa shape index (κ2) is 6.18. The molecule has 1 unspecified atom stereocenters. The number of ketones is 2. The number of carbonyl (C=O) groups excluding carboxylic acids is 3. The minimum atomic E-state index is -2.54. The van der Waals surface area contributed by atoms with Crippen LogP contribution in [0.15, 0.2) is 53.0 Å². The van der Waals surface area contributed by atoms with Crippen molar-refractivity contribution in [3.63, 3.8) is 0 Å². The Balaban J connectivity index is 1.73. The summed E-state index contributed by atoms with van der Waals surface area (Å²) in [6, 6.07) is 8.75. The molecule has 2 aromatic carbocycles. The van der Waals surface area contributed by atoms with Crippen LogP contribution in [0, 0.1) is 11.8 Å². The molecule has 0 bridgehead atoms. The molecule has 5 rings (SSSR count). The van der Waals surface area contributed by atoms with Gasteiger partial charge in [-0.25, -0.2) is 0 Å². The molecule has 6 N–H and O–H groups in total. The predicted octanol–water partition coefficient (Wildman–Crippen LogP) is 1.73. The number of amides is 1. The first-order chi connectivity index (χ1) is 14.7. The highest BCUT2D eigenvalue weighted by Crippen LogP contribution is 2.52. The van der Waals surface area contributed by atoms with Gasteiger partial charge in [0, 0.05) is 17.9 Å². The molecule has 0 saturated carbocycles. The van der Waals surface area contributed by atoms with Gasteiger partial charge < -0.3 is 26.2 Å². The number of nitrogens with two attached hydrogens (primary N) is 1. The number of phenolic OH excluding ortho intramolecular Hbond substituents is 1. The van der Waals surface area contributed by atoms with Crippen molar-refractivity contribution in [3.8, 4) is 5.75 Å². The maximum atomic E-state index is 13.4. The van der Waals surface area contributed by atoms with Gasteiger partial charge in [-0.15, -0.1) is 0 Å². The normalized spacial score (nSPS) is 27.8. The van der Waals surface area contributed by atoms with Crippen molar-refractivity contribution < 1.29 is 34.8 Å². The van der Waals surface area contributed by atoms with Crippen LogP contribution < -0.4 is 5.73 Å². The van der Waals surface area contributed by atoms with E-state index >= 15 is 0 Å². The molecule has 8 nitrogen and oxygen atoms in total. The van der Waals surface area contributed by atoms with Gasteiger partial charge in [0.25, 0.3) is 5.91 Å². The van der Waals surface area contributed by atoms with E-state index in [1.807, 2.05) is 24.3 Å². The van der Waals surface area contributed by atoms with Crippen LogP contribution in [0.4, 0.5) is 0 Å². The number of phenols is 1. The molecule has 0 aromatic heterocycles. The van der Waals surface area contributed by atoms with Crippen LogP contribution in [0.3, 0.4) is 0 Å². The molecule has 0 radical (unpaired) electrons. The number of allylic oxidation sites excluding steroid dienone is 2. The van der Waals surface area contributed by atoms with Gasteiger partial charge in [0.15, 0.2) is 11.4 Å². The first-order valence-electron chi connectivity index (χ1n) is 9.87. The zero-order valence-corrected chi connectivity index (χ0v) is 16.3. The van der Waals surface area contributed by atoms with Crippen LogP contribution in [0.1, 0.15) is 28.8 Å². The quantitative estimate of drug-likeness (QED) is 0.439. The van der Waals surface area contributed by atoms with E-state index in [1.165, 1.54) is 6.07 Å². The summed E-state index contributed by atoms with van der Waals surface area (Å²) in [6.07, 6.45) is 0.173. The Kier molecular flexibility index (Phi) is 3.85. The molecular formula is C23H19NO7. The van der Waals surface area contributed by atoms with Crippen LogP contribution in [0.5, 0.6) is 5.75 Å². The van der Waals surface area contributed by atoms with Crippen molar-refractivity contribution in [2.24, 2.45) is 17.6 Å². The molecule has 3 atom stereocenters. The fraction of sp³-hybridized carbons (Fsp3) is 0.261. The number of Topliss-reactive ketones (excluding diaryl/α,β-unsaturated/α-hetero) is 2. The number of aliphatic hydroxyl groups excluding tert-OH is 2. The number of benzene rings is 2. The third-order valence-electron chi connectivity index (χ3n) is 6.79. The van der Waals surface area contributed by atoms with E-state index < -0.39 is 52.0 Å². The number of hydrogen-bond donors (Lipinski definition) is 5. The number of aromatic hydroxyl groups is 1. The van der Waals surface area contributed by atoms with Crippen molar-refractivity contribution in [3.05, 3.63) is 64.1 Å². The summed E-state index contributed by atoms with van der Waals surface area (Å²) in [4.78, 5) is 37.9. The number of hydrogen-bond acceptors (Lipinski definition) is 7. The molecule has 158 valence electrons. The highest BCUT2D eigenvalue weighted by atomic mass is 16.3. The summed E-state index contributed by atoms with van der Waals surface area (Å²) in [5.41, 5.74) is 2.37. The molecule has 3 aliphatic rings. The van der Waals surface area contributed by atoms with Gasteiger partial charge in [-0.05, 0) is 41.2 Å². The first-order valence-corrected chi connectivity index (χ1v) is 9.87. The van der Waals surface area contributed by atoms with Crippen LogP contribution in [-0.2, 0) is 16.0 Å². The summed E-state index contributed by atoms with van der Waals surface area (Å²) in [5, 5.41) is 44.4. The second-order valence-electron chi connectivity index (χ2n) is 8.38. The molecule has 0 saturated heterocycles. The van der Waals surface area contributed by atoms with E-state index in [1.54, 1.807) is 0 Å². The van der Waals surface area contributed by atoms with Crippen molar-refractivity contribution in [2.45, 2.75) is 24.9 Å². The number of rotatable bonds is 1. The topological polar surface area (TPSA) is 158 Å². The standard InChI is InChI=1S/C23H19NO7/c24-22(30)18-15(26)8-11-5-10-6-13-12-4-2-1-3-9(12)7-14(25)17(13)19(27)16(10)20(28)23(11,31)21(18)29/h1-4,7,10-11,25-26,28,31H,5-6,8H2,(H2,24,30)/t10-,11?,23+/m1/s1. The van der Waals surface area contributed by atoms with Crippen LogP contribution in [-0.4, -0.2) is 43.5 Å². The molecule has 2 aromatic rings. The van der Waals surface area contributed by atoms with Gasteiger partial charge in [0.2, 0.25) is 5.78 Å². The molecule has 8 heteroatoms. The van der Waals surface area contributed by atoms with Gasteiger partial charge in [0.05, 0.1) is 5.56 Å². The van der Waals surface area contributed by atoms with Gasteiger partial charge >= 0.3 is 0 Å². The molecule has 0 aliphatic heterocycles. The van der Waals surface area contributed by atoms with E-state index in [2.05, 4.69) is 0 Å². The molecule has 1 amide bonds. The number of fused-ring (bicyclic) bond motifs is 5.